The average molecular weight is 296 g/mol. The van der Waals surface area contributed by atoms with Crippen LogP contribution in [0.25, 0.3) is 0 Å². The number of likely N-dealkylation sites (tertiary alicyclic amines) is 1. The molecule has 110 valence electrons. The van der Waals surface area contributed by atoms with Gasteiger partial charge in [0.15, 0.2) is 0 Å². The number of carbonyl (C=O) groups excluding carboxylic acids is 1. The molecular formula is C14H20N2O3S. The molecule has 0 unspecified atom stereocenters. The van der Waals surface area contributed by atoms with E-state index in [1.165, 1.54) is 6.26 Å². The number of hydrogen-bond donors (Lipinski definition) is 1. The van der Waals surface area contributed by atoms with E-state index >= 15 is 0 Å². The molecule has 20 heavy (non-hydrogen) atoms. The Bertz CT molecular complexity index is 549. The number of carbonyl (C=O) groups is 1. The fourth-order valence-electron chi connectivity index (χ4n) is 2.37. The van der Waals surface area contributed by atoms with Gasteiger partial charge in [-0.15, -0.1) is 0 Å². The van der Waals surface area contributed by atoms with Crippen LogP contribution >= 0.6 is 0 Å². The molecule has 0 spiro atoms. The van der Waals surface area contributed by atoms with E-state index < -0.39 is 9.84 Å². The van der Waals surface area contributed by atoms with Crippen LogP contribution < -0.4 is 5.32 Å². The second-order valence-corrected chi connectivity index (χ2v) is 7.49. The van der Waals surface area contributed by atoms with Crippen LogP contribution in [0.3, 0.4) is 0 Å². The van der Waals surface area contributed by atoms with Crippen molar-refractivity contribution in [3.8, 4) is 0 Å². The zero-order chi connectivity index (χ0) is 14.6. The minimum atomic E-state index is -2.99. The van der Waals surface area contributed by atoms with Crippen molar-refractivity contribution in [3.63, 3.8) is 0 Å². The molecule has 1 N–H and O–H groups in total. The van der Waals surface area contributed by atoms with Crippen LogP contribution in [-0.2, 0) is 16.4 Å². The maximum absolute atomic E-state index is 12.0. The first-order valence-electron chi connectivity index (χ1n) is 6.72. The second-order valence-electron chi connectivity index (χ2n) is 5.16. The SMILES string of the molecule is CS(=O)(=O)C1CCN(C(=O)NCc2ccccc2)CC1. The minimum Gasteiger partial charge on any atom is -0.334 e. The third-order valence-corrected chi connectivity index (χ3v) is 5.30. The molecule has 1 aliphatic rings. The summed E-state index contributed by atoms with van der Waals surface area (Å²) in [6.45, 7) is 1.49. The number of nitrogens with one attached hydrogen (secondary N) is 1. The Morgan fingerprint density at radius 1 is 1.25 bits per heavy atom. The van der Waals surface area contributed by atoms with E-state index in [1.54, 1.807) is 4.90 Å². The lowest BCUT2D eigenvalue weighted by Crippen LogP contribution is -2.46. The van der Waals surface area contributed by atoms with E-state index in [1.807, 2.05) is 30.3 Å². The molecule has 1 aromatic rings. The summed E-state index contributed by atoms with van der Waals surface area (Å²) < 4.78 is 22.9. The number of rotatable bonds is 3. The highest BCUT2D eigenvalue weighted by Crippen LogP contribution is 2.17. The highest BCUT2D eigenvalue weighted by Gasteiger charge is 2.28. The molecule has 1 fully saturated rings. The Hall–Kier alpha value is -1.56. The molecule has 0 radical (unpaired) electrons. The summed E-state index contributed by atoms with van der Waals surface area (Å²) in [4.78, 5) is 13.7. The summed E-state index contributed by atoms with van der Waals surface area (Å²) in [6.07, 6.45) is 2.32. The normalized spacial score (nSPS) is 16.9. The molecule has 2 rings (SSSR count). The summed E-state index contributed by atoms with van der Waals surface area (Å²) in [5.41, 5.74) is 1.05. The molecule has 0 aliphatic carbocycles. The molecule has 2 amide bonds. The summed E-state index contributed by atoms with van der Waals surface area (Å²) >= 11 is 0. The molecule has 6 heteroatoms. The van der Waals surface area contributed by atoms with E-state index in [0.29, 0.717) is 32.5 Å². The second kappa shape index (κ2) is 6.26. The van der Waals surface area contributed by atoms with Gasteiger partial charge in [-0.3, -0.25) is 0 Å². The van der Waals surface area contributed by atoms with Gasteiger partial charge in [-0.05, 0) is 18.4 Å². The topological polar surface area (TPSA) is 66.5 Å². The van der Waals surface area contributed by atoms with E-state index in [4.69, 9.17) is 0 Å². The number of benzene rings is 1. The third kappa shape index (κ3) is 3.96. The van der Waals surface area contributed by atoms with Crippen molar-refractivity contribution in [1.29, 1.82) is 0 Å². The maximum atomic E-state index is 12.0. The Kier molecular flexibility index (Phi) is 4.65. The number of urea groups is 1. The van der Waals surface area contributed by atoms with Crippen molar-refractivity contribution >= 4 is 15.9 Å². The summed E-state index contributed by atoms with van der Waals surface area (Å²) in [6, 6.07) is 9.58. The first kappa shape index (κ1) is 14.8. The van der Waals surface area contributed by atoms with Gasteiger partial charge in [0.2, 0.25) is 0 Å². The van der Waals surface area contributed by atoms with Crippen molar-refractivity contribution < 1.29 is 13.2 Å². The lowest BCUT2D eigenvalue weighted by molar-refractivity contribution is 0.186. The Morgan fingerprint density at radius 2 is 1.85 bits per heavy atom. The molecule has 1 heterocycles. The molecular weight excluding hydrogens is 276 g/mol. The van der Waals surface area contributed by atoms with Gasteiger partial charge in [-0.1, -0.05) is 30.3 Å². The predicted octanol–water partition coefficient (Wildman–Crippen LogP) is 1.41. The molecule has 1 aromatic carbocycles. The van der Waals surface area contributed by atoms with Crippen molar-refractivity contribution in [2.45, 2.75) is 24.6 Å². The lowest BCUT2D eigenvalue weighted by atomic mass is 10.1. The van der Waals surface area contributed by atoms with Crippen LogP contribution in [0, 0.1) is 0 Å². The fraction of sp³-hybridized carbons (Fsp3) is 0.500. The summed E-state index contributed by atoms with van der Waals surface area (Å²) in [5.74, 6) is 0. The van der Waals surface area contributed by atoms with Crippen molar-refractivity contribution in [3.05, 3.63) is 35.9 Å². The largest absolute Gasteiger partial charge is 0.334 e. The fourth-order valence-corrected chi connectivity index (χ4v) is 3.44. The van der Waals surface area contributed by atoms with Gasteiger partial charge in [0.05, 0.1) is 5.25 Å². The summed E-state index contributed by atoms with van der Waals surface area (Å²) in [7, 11) is -2.99. The van der Waals surface area contributed by atoms with Gasteiger partial charge in [0.1, 0.15) is 9.84 Å². The Labute approximate surface area is 119 Å². The van der Waals surface area contributed by atoms with Crippen LogP contribution in [0.1, 0.15) is 18.4 Å². The van der Waals surface area contributed by atoms with Gasteiger partial charge < -0.3 is 10.2 Å². The number of hydrogen-bond acceptors (Lipinski definition) is 3. The molecule has 0 aromatic heterocycles. The van der Waals surface area contributed by atoms with E-state index in [9.17, 15) is 13.2 Å². The number of sulfone groups is 1. The molecule has 0 atom stereocenters. The van der Waals surface area contributed by atoms with Crippen LogP contribution in [0.4, 0.5) is 4.79 Å². The van der Waals surface area contributed by atoms with Crippen molar-refractivity contribution in [2.75, 3.05) is 19.3 Å². The standard InChI is InChI=1S/C14H20N2O3S/c1-20(18,19)13-7-9-16(10-8-13)14(17)15-11-12-5-3-2-4-6-12/h2-6,13H,7-11H2,1H3,(H,15,17). The Balaban J connectivity index is 1.80. The maximum Gasteiger partial charge on any atom is 0.317 e. The highest BCUT2D eigenvalue weighted by atomic mass is 32.2. The summed E-state index contributed by atoms with van der Waals surface area (Å²) in [5, 5.41) is 2.55. The third-order valence-electron chi connectivity index (χ3n) is 3.62. The van der Waals surface area contributed by atoms with Gasteiger partial charge in [-0.2, -0.15) is 0 Å². The van der Waals surface area contributed by atoms with E-state index in [2.05, 4.69) is 5.32 Å². The predicted molar refractivity (Wildman–Crippen MR) is 78.1 cm³/mol. The molecule has 1 saturated heterocycles. The number of nitrogens with zero attached hydrogens (tertiary/aromatic N) is 1. The quantitative estimate of drug-likeness (QED) is 0.917. The molecule has 1 aliphatic heterocycles. The average Bonchev–Trinajstić information content (AvgIpc) is 2.45. The minimum absolute atomic E-state index is 0.124. The van der Waals surface area contributed by atoms with Crippen LogP contribution in [0.15, 0.2) is 30.3 Å². The zero-order valence-electron chi connectivity index (χ0n) is 11.6. The molecule has 0 bridgehead atoms. The smallest absolute Gasteiger partial charge is 0.317 e. The monoisotopic (exact) mass is 296 g/mol. The molecule has 0 saturated carbocycles. The van der Waals surface area contributed by atoms with Crippen LogP contribution in [0.5, 0.6) is 0 Å². The van der Waals surface area contributed by atoms with E-state index in [-0.39, 0.29) is 11.3 Å². The van der Waals surface area contributed by atoms with Crippen LogP contribution in [0.2, 0.25) is 0 Å². The Morgan fingerprint density at radius 3 is 2.40 bits per heavy atom. The first-order valence-corrected chi connectivity index (χ1v) is 8.68. The number of piperidine rings is 1. The first-order chi connectivity index (χ1) is 9.47. The van der Waals surface area contributed by atoms with Crippen LogP contribution in [-0.4, -0.2) is 43.9 Å². The van der Waals surface area contributed by atoms with Gasteiger partial charge in [0, 0.05) is 25.9 Å². The van der Waals surface area contributed by atoms with Crippen molar-refractivity contribution in [2.24, 2.45) is 0 Å². The van der Waals surface area contributed by atoms with Crippen molar-refractivity contribution in [1.82, 2.24) is 10.2 Å². The highest BCUT2D eigenvalue weighted by molar-refractivity contribution is 7.91. The van der Waals surface area contributed by atoms with Gasteiger partial charge in [0.25, 0.3) is 0 Å². The lowest BCUT2D eigenvalue weighted by Gasteiger charge is -2.31. The van der Waals surface area contributed by atoms with Gasteiger partial charge in [-0.25, -0.2) is 13.2 Å². The number of amides is 2. The van der Waals surface area contributed by atoms with Gasteiger partial charge >= 0.3 is 6.03 Å². The van der Waals surface area contributed by atoms with E-state index in [0.717, 1.165) is 5.56 Å². The zero-order valence-corrected chi connectivity index (χ0v) is 12.4. The molecule has 5 nitrogen and oxygen atoms in total.